The van der Waals surface area contributed by atoms with Crippen LogP contribution in [-0.2, 0) is 6.42 Å². The Balaban J connectivity index is 2.31. The first-order valence-electron chi connectivity index (χ1n) is 7.44. The minimum Gasteiger partial charge on any atom is -0.493 e. The summed E-state index contributed by atoms with van der Waals surface area (Å²) in [5.74, 6) is 0.468. The molecule has 0 aliphatic carbocycles. The van der Waals surface area contributed by atoms with Gasteiger partial charge in [0.15, 0.2) is 0 Å². The molecule has 0 spiro atoms. The molecule has 1 aliphatic heterocycles. The molecule has 1 saturated heterocycles. The number of hydrogen-bond acceptors (Lipinski definition) is 5. The van der Waals surface area contributed by atoms with Crippen LogP contribution in [-0.4, -0.2) is 46.2 Å². The van der Waals surface area contributed by atoms with E-state index in [9.17, 15) is 9.90 Å². The van der Waals surface area contributed by atoms with E-state index in [2.05, 4.69) is 27.1 Å². The molecule has 2 rings (SSSR count). The lowest BCUT2D eigenvalue weighted by Gasteiger charge is -2.34. The summed E-state index contributed by atoms with van der Waals surface area (Å²) in [4.78, 5) is 21.4. The molecule has 6 nitrogen and oxygen atoms in total. The molecular weight excluding hydrogens is 256 g/mol. The van der Waals surface area contributed by atoms with E-state index >= 15 is 0 Å². The van der Waals surface area contributed by atoms with Crippen molar-refractivity contribution in [1.82, 2.24) is 20.2 Å². The highest BCUT2D eigenvalue weighted by Crippen LogP contribution is 2.24. The summed E-state index contributed by atoms with van der Waals surface area (Å²) in [5.41, 5.74) is 0.149. The van der Waals surface area contributed by atoms with Crippen LogP contribution in [0, 0.1) is 0 Å². The smallest absolute Gasteiger partial charge is 0.257 e. The van der Waals surface area contributed by atoms with Crippen molar-refractivity contribution in [2.45, 2.75) is 39.2 Å². The van der Waals surface area contributed by atoms with E-state index in [0.29, 0.717) is 17.8 Å². The van der Waals surface area contributed by atoms with E-state index in [-0.39, 0.29) is 17.5 Å². The zero-order chi connectivity index (χ0) is 14.5. The second-order valence-electron chi connectivity index (χ2n) is 5.20. The molecule has 0 amide bonds. The molecule has 1 atom stereocenters. The Morgan fingerprint density at radius 1 is 1.35 bits per heavy atom. The highest BCUT2D eigenvalue weighted by Gasteiger charge is 2.24. The Bertz CT molecular complexity index is 494. The van der Waals surface area contributed by atoms with Gasteiger partial charge < -0.3 is 15.4 Å². The van der Waals surface area contributed by atoms with Gasteiger partial charge in [-0.2, -0.15) is 4.98 Å². The number of nitrogens with zero attached hydrogens (tertiary/aromatic N) is 2. The number of piperazine rings is 1. The van der Waals surface area contributed by atoms with Gasteiger partial charge in [0, 0.05) is 26.2 Å². The maximum Gasteiger partial charge on any atom is 0.257 e. The third-order valence-corrected chi connectivity index (χ3v) is 3.84. The number of nitrogens with one attached hydrogen (secondary N) is 2. The Hall–Kier alpha value is -1.40. The monoisotopic (exact) mass is 280 g/mol. The van der Waals surface area contributed by atoms with Gasteiger partial charge >= 0.3 is 0 Å². The normalized spacial score (nSPS) is 18.1. The van der Waals surface area contributed by atoms with Gasteiger partial charge in [-0.15, -0.1) is 0 Å². The van der Waals surface area contributed by atoms with Gasteiger partial charge in [-0.25, -0.2) is 0 Å². The quantitative estimate of drug-likeness (QED) is 0.743. The zero-order valence-corrected chi connectivity index (χ0v) is 12.3. The SMILES string of the molecule is CCCC(c1nc(O)c(CC)c(=O)[nH]1)N1CCNCC1. The molecular formula is C14H24N4O2. The number of aromatic hydroxyl groups is 1. The van der Waals surface area contributed by atoms with E-state index in [1.165, 1.54) is 0 Å². The fourth-order valence-corrected chi connectivity index (χ4v) is 2.74. The van der Waals surface area contributed by atoms with Crippen LogP contribution >= 0.6 is 0 Å². The maximum absolute atomic E-state index is 12.0. The number of rotatable bonds is 5. The fourth-order valence-electron chi connectivity index (χ4n) is 2.74. The summed E-state index contributed by atoms with van der Waals surface area (Å²) in [6.45, 7) is 7.72. The van der Waals surface area contributed by atoms with Gasteiger partial charge in [0.25, 0.3) is 5.56 Å². The molecule has 1 unspecified atom stereocenters. The van der Waals surface area contributed by atoms with Crippen LogP contribution in [0.15, 0.2) is 4.79 Å². The van der Waals surface area contributed by atoms with Crippen LogP contribution in [0.2, 0.25) is 0 Å². The van der Waals surface area contributed by atoms with Crippen molar-refractivity contribution in [1.29, 1.82) is 0 Å². The van der Waals surface area contributed by atoms with Crippen LogP contribution in [0.4, 0.5) is 0 Å². The van der Waals surface area contributed by atoms with Crippen LogP contribution in [0.5, 0.6) is 5.88 Å². The minimum absolute atomic E-state index is 0.0756. The molecule has 1 aromatic heterocycles. The molecule has 20 heavy (non-hydrogen) atoms. The average Bonchev–Trinajstić information content (AvgIpc) is 2.45. The standard InChI is InChI=1S/C14H24N4O2/c1-3-5-11(18-8-6-15-7-9-18)12-16-13(19)10(4-2)14(20)17-12/h11,15H,3-9H2,1-2H3,(H2,16,17,19,20). The lowest BCUT2D eigenvalue weighted by Crippen LogP contribution is -2.45. The molecule has 0 radical (unpaired) electrons. The summed E-state index contributed by atoms with van der Waals surface area (Å²) >= 11 is 0. The molecule has 2 heterocycles. The van der Waals surface area contributed by atoms with Crippen molar-refractivity contribution < 1.29 is 5.11 Å². The van der Waals surface area contributed by atoms with Crippen molar-refractivity contribution >= 4 is 0 Å². The van der Waals surface area contributed by atoms with E-state index in [1.807, 2.05) is 6.92 Å². The maximum atomic E-state index is 12.0. The van der Waals surface area contributed by atoms with Crippen LogP contribution < -0.4 is 10.9 Å². The lowest BCUT2D eigenvalue weighted by molar-refractivity contribution is 0.157. The largest absolute Gasteiger partial charge is 0.493 e. The summed E-state index contributed by atoms with van der Waals surface area (Å²) < 4.78 is 0. The first-order chi connectivity index (χ1) is 9.67. The molecule has 1 fully saturated rings. The molecule has 0 bridgehead atoms. The predicted octanol–water partition coefficient (Wildman–Crippen LogP) is 0.784. The van der Waals surface area contributed by atoms with Gasteiger partial charge in [-0.3, -0.25) is 9.69 Å². The summed E-state index contributed by atoms with van der Waals surface area (Å²) in [7, 11) is 0. The Morgan fingerprint density at radius 2 is 2.05 bits per heavy atom. The molecule has 0 aromatic carbocycles. The third kappa shape index (κ3) is 3.19. The molecule has 0 saturated carbocycles. The number of H-pyrrole nitrogens is 1. The van der Waals surface area contributed by atoms with Crippen LogP contribution in [0.25, 0.3) is 0 Å². The molecule has 3 N–H and O–H groups in total. The number of hydrogen-bond donors (Lipinski definition) is 3. The first kappa shape index (κ1) is 15.0. The van der Waals surface area contributed by atoms with E-state index < -0.39 is 0 Å². The van der Waals surface area contributed by atoms with Gasteiger partial charge in [0.2, 0.25) is 5.88 Å². The van der Waals surface area contributed by atoms with Crippen LogP contribution in [0.3, 0.4) is 0 Å². The predicted molar refractivity (Wildman–Crippen MR) is 78.0 cm³/mol. The highest BCUT2D eigenvalue weighted by molar-refractivity contribution is 5.23. The molecule has 1 aliphatic rings. The van der Waals surface area contributed by atoms with E-state index in [0.717, 1.165) is 39.0 Å². The topological polar surface area (TPSA) is 81.2 Å². The lowest BCUT2D eigenvalue weighted by atomic mass is 10.1. The minimum atomic E-state index is -0.216. The Kier molecular flexibility index (Phi) is 5.14. The molecule has 1 aromatic rings. The van der Waals surface area contributed by atoms with Gasteiger partial charge in [0.1, 0.15) is 5.82 Å². The number of aromatic amines is 1. The number of aromatic nitrogens is 2. The zero-order valence-electron chi connectivity index (χ0n) is 12.3. The second-order valence-corrected chi connectivity index (χ2v) is 5.20. The van der Waals surface area contributed by atoms with Crippen molar-refractivity contribution in [3.05, 3.63) is 21.7 Å². The molecule has 6 heteroatoms. The summed E-state index contributed by atoms with van der Waals surface area (Å²) in [5, 5.41) is 13.2. The molecule has 112 valence electrons. The van der Waals surface area contributed by atoms with Gasteiger partial charge in [-0.05, 0) is 12.8 Å². The summed E-state index contributed by atoms with van der Waals surface area (Å²) in [6, 6.07) is 0.0756. The summed E-state index contributed by atoms with van der Waals surface area (Å²) in [6.07, 6.45) is 2.42. The van der Waals surface area contributed by atoms with Gasteiger partial charge in [-0.1, -0.05) is 20.3 Å². The van der Waals surface area contributed by atoms with Crippen molar-refractivity contribution in [2.24, 2.45) is 0 Å². The van der Waals surface area contributed by atoms with Crippen molar-refractivity contribution in [2.75, 3.05) is 26.2 Å². The Labute approximate surface area is 119 Å². The first-order valence-corrected chi connectivity index (χ1v) is 7.44. The average molecular weight is 280 g/mol. The van der Waals surface area contributed by atoms with Gasteiger partial charge in [0.05, 0.1) is 11.6 Å². The van der Waals surface area contributed by atoms with E-state index in [1.54, 1.807) is 0 Å². The third-order valence-electron chi connectivity index (χ3n) is 3.84. The fraction of sp³-hybridized carbons (Fsp3) is 0.714. The van der Waals surface area contributed by atoms with Crippen molar-refractivity contribution in [3.63, 3.8) is 0 Å². The second kappa shape index (κ2) is 6.85. The van der Waals surface area contributed by atoms with E-state index in [4.69, 9.17) is 0 Å². The Morgan fingerprint density at radius 3 is 2.60 bits per heavy atom. The highest BCUT2D eigenvalue weighted by atomic mass is 16.3. The van der Waals surface area contributed by atoms with Crippen molar-refractivity contribution in [3.8, 4) is 5.88 Å². The van der Waals surface area contributed by atoms with Crippen LogP contribution in [0.1, 0.15) is 44.1 Å².